The second-order valence-corrected chi connectivity index (χ2v) is 14.5. The number of benzene rings is 8. The van der Waals surface area contributed by atoms with Crippen molar-refractivity contribution in [2.45, 2.75) is 0 Å². The Hall–Kier alpha value is -7.83. The summed E-state index contributed by atoms with van der Waals surface area (Å²) in [6.45, 7) is 0. The molecule has 0 radical (unpaired) electrons. The summed E-state index contributed by atoms with van der Waals surface area (Å²) in [6.07, 6.45) is 0. The van der Waals surface area contributed by atoms with Gasteiger partial charge in [-0.05, 0) is 66.7 Å². The Balaban J connectivity index is 1.12. The van der Waals surface area contributed by atoms with Crippen molar-refractivity contribution in [3.8, 4) is 40.1 Å². The summed E-state index contributed by atoms with van der Waals surface area (Å²) in [4.78, 5) is 15.8. The van der Waals surface area contributed by atoms with Gasteiger partial charge in [0.25, 0.3) is 0 Å². The lowest BCUT2D eigenvalue weighted by Gasteiger charge is -2.12. The topological polar surface area (TPSA) is 53.5 Å². The van der Waals surface area contributed by atoms with Crippen LogP contribution in [0.3, 0.4) is 0 Å². The molecule has 4 aromatic heterocycles. The van der Waals surface area contributed by atoms with Gasteiger partial charge in [0.1, 0.15) is 0 Å². The zero-order chi connectivity index (χ0) is 37.5. The van der Waals surface area contributed by atoms with Gasteiger partial charge in [0.05, 0.1) is 33.1 Å². The molecule has 0 aliphatic carbocycles. The van der Waals surface area contributed by atoms with E-state index in [-0.39, 0.29) is 0 Å². The van der Waals surface area contributed by atoms with Crippen LogP contribution in [0.5, 0.6) is 0 Å². The van der Waals surface area contributed by atoms with Crippen molar-refractivity contribution in [3.05, 3.63) is 194 Å². The molecule has 4 heterocycles. The Bertz CT molecular complexity index is 3450. The van der Waals surface area contributed by atoms with Crippen LogP contribution in [-0.2, 0) is 0 Å². The lowest BCUT2D eigenvalue weighted by molar-refractivity contribution is 0.955. The van der Waals surface area contributed by atoms with Crippen LogP contribution in [0.15, 0.2) is 194 Å². The lowest BCUT2D eigenvalue weighted by Crippen LogP contribution is -2.06. The zero-order valence-electron chi connectivity index (χ0n) is 30.7. The molecule has 0 saturated heterocycles. The number of hydrogen-bond donors (Lipinski definition) is 0. The third-order valence-electron chi connectivity index (χ3n) is 11.3. The first kappa shape index (κ1) is 31.5. The molecule has 12 aromatic rings. The van der Waals surface area contributed by atoms with Crippen LogP contribution in [0.1, 0.15) is 0 Å². The van der Waals surface area contributed by atoms with Gasteiger partial charge in [-0.25, -0.2) is 4.98 Å². The second-order valence-electron chi connectivity index (χ2n) is 14.5. The van der Waals surface area contributed by atoms with E-state index in [1.807, 2.05) is 18.2 Å². The normalized spacial score (nSPS) is 11.9. The maximum atomic E-state index is 5.34. The van der Waals surface area contributed by atoms with Crippen LogP contribution in [0.25, 0.3) is 106 Å². The van der Waals surface area contributed by atoms with Gasteiger partial charge in [0.2, 0.25) is 5.95 Å². The van der Waals surface area contributed by atoms with E-state index in [9.17, 15) is 0 Å². The molecule has 0 N–H and O–H groups in total. The molecule has 6 nitrogen and oxygen atoms in total. The lowest BCUT2D eigenvalue weighted by atomic mass is 10.1. The first-order valence-corrected chi connectivity index (χ1v) is 19.2. The molecule has 12 rings (SSSR count). The van der Waals surface area contributed by atoms with Gasteiger partial charge in [0.15, 0.2) is 11.6 Å². The number of fused-ring (bicyclic) bond motifs is 10. The number of nitrogens with zero attached hydrogens (tertiary/aromatic N) is 6. The molecule has 0 saturated carbocycles. The summed E-state index contributed by atoms with van der Waals surface area (Å²) in [5.41, 5.74) is 10.7. The average molecular weight is 729 g/mol. The molecule has 0 fully saturated rings. The van der Waals surface area contributed by atoms with Crippen LogP contribution in [0.4, 0.5) is 0 Å². The smallest absolute Gasteiger partial charge is 0.238 e. The predicted octanol–water partition coefficient (Wildman–Crippen LogP) is 12.5. The third-order valence-corrected chi connectivity index (χ3v) is 11.3. The van der Waals surface area contributed by atoms with Gasteiger partial charge in [-0.2, -0.15) is 9.97 Å². The first-order valence-electron chi connectivity index (χ1n) is 19.2. The fourth-order valence-corrected chi connectivity index (χ4v) is 8.84. The van der Waals surface area contributed by atoms with Gasteiger partial charge in [-0.1, -0.05) is 127 Å². The third kappa shape index (κ3) is 4.74. The molecule has 0 unspecified atom stereocenters. The summed E-state index contributed by atoms with van der Waals surface area (Å²) in [6, 6.07) is 68.3. The Labute approximate surface area is 327 Å². The molecule has 0 aliphatic heterocycles. The number of rotatable bonds is 5. The maximum absolute atomic E-state index is 5.34. The van der Waals surface area contributed by atoms with E-state index in [2.05, 4.69) is 190 Å². The van der Waals surface area contributed by atoms with E-state index >= 15 is 0 Å². The van der Waals surface area contributed by atoms with Crippen LogP contribution in [0.2, 0.25) is 0 Å². The van der Waals surface area contributed by atoms with Crippen molar-refractivity contribution in [1.82, 2.24) is 28.7 Å². The fraction of sp³-hybridized carbons (Fsp3) is 0. The molecule has 57 heavy (non-hydrogen) atoms. The highest BCUT2D eigenvalue weighted by Gasteiger charge is 2.23. The number of para-hydroxylation sites is 5. The van der Waals surface area contributed by atoms with Crippen LogP contribution < -0.4 is 0 Å². The summed E-state index contributed by atoms with van der Waals surface area (Å²) >= 11 is 0. The first-order chi connectivity index (χ1) is 28.3. The zero-order valence-corrected chi connectivity index (χ0v) is 30.7. The van der Waals surface area contributed by atoms with E-state index in [0.717, 1.165) is 60.7 Å². The van der Waals surface area contributed by atoms with Crippen molar-refractivity contribution < 1.29 is 0 Å². The van der Waals surface area contributed by atoms with E-state index in [0.29, 0.717) is 17.6 Å². The molecule has 0 aliphatic rings. The Kier molecular flexibility index (Phi) is 6.83. The Morgan fingerprint density at radius 2 is 0.719 bits per heavy atom. The predicted molar refractivity (Wildman–Crippen MR) is 234 cm³/mol. The maximum Gasteiger partial charge on any atom is 0.238 e. The van der Waals surface area contributed by atoms with Crippen molar-refractivity contribution in [2.24, 2.45) is 0 Å². The summed E-state index contributed by atoms with van der Waals surface area (Å²) in [7, 11) is 0. The van der Waals surface area contributed by atoms with Crippen molar-refractivity contribution >= 4 is 65.4 Å². The van der Waals surface area contributed by atoms with Gasteiger partial charge in [-0.15, -0.1) is 0 Å². The van der Waals surface area contributed by atoms with Crippen LogP contribution >= 0.6 is 0 Å². The summed E-state index contributed by atoms with van der Waals surface area (Å²) < 4.78 is 6.94. The highest BCUT2D eigenvalue weighted by atomic mass is 15.2. The van der Waals surface area contributed by atoms with E-state index in [1.54, 1.807) is 0 Å². The van der Waals surface area contributed by atoms with E-state index in [4.69, 9.17) is 15.0 Å². The monoisotopic (exact) mass is 728 g/mol. The summed E-state index contributed by atoms with van der Waals surface area (Å²) in [5.74, 6) is 1.80. The SMILES string of the molecule is c1ccc(-c2nc(-c3ccc(-n4c5ccccc5c5ccccc54)cc3)nc(-n3c4ccccc4c4ccc5c(c6ccccc6n5-c5ccccc5)c43)n2)cc1. The van der Waals surface area contributed by atoms with Crippen molar-refractivity contribution in [1.29, 1.82) is 0 Å². The van der Waals surface area contributed by atoms with Gasteiger partial charge >= 0.3 is 0 Å². The minimum Gasteiger partial charge on any atom is -0.309 e. The fourth-order valence-electron chi connectivity index (χ4n) is 8.84. The van der Waals surface area contributed by atoms with Crippen molar-refractivity contribution in [3.63, 3.8) is 0 Å². The van der Waals surface area contributed by atoms with Gasteiger partial charge in [-0.3, -0.25) is 4.57 Å². The highest BCUT2D eigenvalue weighted by molar-refractivity contribution is 6.26. The highest BCUT2D eigenvalue weighted by Crippen LogP contribution is 2.42. The minimum absolute atomic E-state index is 0.570. The second kappa shape index (κ2) is 12.3. The molecule has 0 amide bonds. The van der Waals surface area contributed by atoms with E-state index < -0.39 is 0 Å². The number of aromatic nitrogens is 6. The molecular formula is C51H32N6. The van der Waals surface area contributed by atoms with Crippen LogP contribution in [0, 0.1) is 0 Å². The van der Waals surface area contributed by atoms with Gasteiger partial charge in [0, 0.05) is 54.8 Å². The molecule has 0 atom stereocenters. The average Bonchev–Trinajstić information content (AvgIpc) is 3.93. The largest absolute Gasteiger partial charge is 0.309 e. The standard InChI is InChI=1S/C51H32N6/c1-3-15-33(16-4-1)49-52-50(34-27-29-36(30-28-34)55-42-23-11-7-19-37(42)38-20-8-12-24-43(38)55)54-51(53-49)57-44-25-13-9-21-39(44)40-31-32-46-47(48(40)57)41-22-10-14-26-45(41)56(46)35-17-5-2-6-18-35/h1-32H. The summed E-state index contributed by atoms with van der Waals surface area (Å²) in [5, 5.41) is 7.08. The Morgan fingerprint density at radius 3 is 1.33 bits per heavy atom. The quantitative estimate of drug-likeness (QED) is 0.177. The van der Waals surface area contributed by atoms with Gasteiger partial charge < -0.3 is 9.13 Å². The Morgan fingerprint density at radius 1 is 0.281 bits per heavy atom. The molecule has 8 aromatic carbocycles. The molecule has 6 heteroatoms. The molecule has 0 spiro atoms. The molecule has 266 valence electrons. The molecule has 0 bridgehead atoms. The minimum atomic E-state index is 0.570. The number of hydrogen-bond acceptors (Lipinski definition) is 3. The van der Waals surface area contributed by atoms with E-state index in [1.165, 1.54) is 27.2 Å². The van der Waals surface area contributed by atoms with Crippen molar-refractivity contribution in [2.75, 3.05) is 0 Å². The molecular weight excluding hydrogens is 697 g/mol. The van der Waals surface area contributed by atoms with Crippen LogP contribution in [-0.4, -0.2) is 28.7 Å².